The van der Waals surface area contributed by atoms with E-state index in [1.807, 2.05) is 18.2 Å². The predicted octanol–water partition coefficient (Wildman–Crippen LogP) is 2.66. The van der Waals surface area contributed by atoms with E-state index in [4.69, 9.17) is 14.2 Å². The standard InChI is InChI=1S/C19H23NO6/c1-4-24-18(22)15(19(23)25-5-2)11-20-16-8-6-7-14-13(16)9-10-17(14)26-12(3)21/h6-8,11,17,20H,4-5,9-10H2,1-3H3. The smallest absolute Gasteiger partial charge is 0.347 e. The molecule has 0 fully saturated rings. The van der Waals surface area contributed by atoms with E-state index in [2.05, 4.69) is 5.32 Å². The van der Waals surface area contributed by atoms with Gasteiger partial charge in [-0.1, -0.05) is 12.1 Å². The molecular weight excluding hydrogens is 338 g/mol. The second kappa shape index (κ2) is 9.03. The van der Waals surface area contributed by atoms with Gasteiger partial charge >= 0.3 is 17.9 Å². The zero-order valence-electron chi connectivity index (χ0n) is 15.2. The number of benzene rings is 1. The normalized spacial score (nSPS) is 14.8. The molecule has 0 amide bonds. The average molecular weight is 361 g/mol. The minimum Gasteiger partial charge on any atom is -0.462 e. The summed E-state index contributed by atoms with van der Waals surface area (Å²) >= 11 is 0. The minimum absolute atomic E-state index is 0.153. The van der Waals surface area contributed by atoms with Gasteiger partial charge in [-0.3, -0.25) is 4.79 Å². The van der Waals surface area contributed by atoms with Crippen LogP contribution >= 0.6 is 0 Å². The number of carbonyl (C=O) groups is 3. The lowest BCUT2D eigenvalue weighted by Gasteiger charge is -2.13. The van der Waals surface area contributed by atoms with Gasteiger partial charge in [-0.15, -0.1) is 0 Å². The van der Waals surface area contributed by atoms with E-state index in [9.17, 15) is 14.4 Å². The number of rotatable bonds is 7. The van der Waals surface area contributed by atoms with Gasteiger partial charge in [0.1, 0.15) is 6.10 Å². The Labute approximate surface area is 152 Å². The Morgan fingerprint density at radius 3 is 2.38 bits per heavy atom. The van der Waals surface area contributed by atoms with Crippen LogP contribution in [-0.4, -0.2) is 31.1 Å². The van der Waals surface area contributed by atoms with Gasteiger partial charge in [0, 0.05) is 18.8 Å². The van der Waals surface area contributed by atoms with Crippen molar-refractivity contribution in [2.24, 2.45) is 0 Å². The Morgan fingerprint density at radius 2 is 1.81 bits per heavy atom. The molecular formula is C19H23NO6. The van der Waals surface area contributed by atoms with Crippen molar-refractivity contribution in [3.8, 4) is 0 Å². The molecule has 0 saturated heterocycles. The molecule has 140 valence electrons. The van der Waals surface area contributed by atoms with Crippen molar-refractivity contribution in [2.75, 3.05) is 18.5 Å². The topological polar surface area (TPSA) is 90.9 Å². The Morgan fingerprint density at radius 1 is 1.15 bits per heavy atom. The molecule has 1 N–H and O–H groups in total. The molecule has 1 aliphatic carbocycles. The number of nitrogens with one attached hydrogen (secondary N) is 1. The van der Waals surface area contributed by atoms with Crippen molar-refractivity contribution in [2.45, 2.75) is 39.7 Å². The lowest BCUT2D eigenvalue weighted by molar-refractivity contribution is -0.147. The number of esters is 3. The first-order valence-electron chi connectivity index (χ1n) is 8.57. The maximum absolute atomic E-state index is 12.0. The van der Waals surface area contributed by atoms with Crippen molar-refractivity contribution in [3.05, 3.63) is 41.1 Å². The van der Waals surface area contributed by atoms with Crippen LogP contribution in [0.25, 0.3) is 0 Å². The van der Waals surface area contributed by atoms with Crippen LogP contribution in [0.1, 0.15) is 44.4 Å². The summed E-state index contributed by atoms with van der Waals surface area (Å²) in [5.74, 6) is -1.82. The summed E-state index contributed by atoms with van der Waals surface area (Å²) < 4.78 is 15.1. The van der Waals surface area contributed by atoms with E-state index >= 15 is 0 Å². The number of hydrogen-bond donors (Lipinski definition) is 1. The summed E-state index contributed by atoms with van der Waals surface area (Å²) in [6.45, 7) is 5.01. The van der Waals surface area contributed by atoms with Gasteiger partial charge in [-0.05, 0) is 43.9 Å². The first-order chi connectivity index (χ1) is 12.5. The van der Waals surface area contributed by atoms with Crippen LogP contribution in [0.4, 0.5) is 5.69 Å². The zero-order valence-corrected chi connectivity index (χ0v) is 15.2. The summed E-state index contributed by atoms with van der Waals surface area (Å²) in [5, 5.41) is 2.99. The first kappa shape index (κ1) is 19.5. The maximum Gasteiger partial charge on any atom is 0.347 e. The van der Waals surface area contributed by atoms with Crippen LogP contribution in [0.5, 0.6) is 0 Å². The van der Waals surface area contributed by atoms with E-state index in [0.29, 0.717) is 6.42 Å². The summed E-state index contributed by atoms with van der Waals surface area (Å²) in [4.78, 5) is 35.2. The number of ether oxygens (including phenoxy) is 3. The van der Waals surface area contributed by atoms with Crippen molar-refractivity contribution in [1.29, 1.82) is 0 Å². The quantitative estimate of drug-likeness (QED) is 0.262. The van der Waals surface area contributed by atoms with E-state index < -0.39 is 11.9 Å². The molecule has 1 aromatic rings. The van der Waals surface area contributed by atoms with E-state index in [0.717, 1.165) is 23.2 Å². The van der Waals surface area contributed by atoms with Crippen LogP contribution in [0.15, 0.2) is 30.0 Å². The summed E-state index contributed by atoms with van der Waals surface area (Å²) in [5.41, 5.74) is 2.44. The lowest BCUT2D eigenvalue weighted by atomic mass is 10.1. The average Bonchev–Trinajstić information content (AvgIpc) is 2.99. The Bertz CT molecular complexity index is 705. The highest BCUT2D eigenvalue weighted by molar-refractivity contribution is 6.14. The largest absolute Gasteiger partial charge is 0.462 e. The molecule has 0 heterocycles. The van der Waals surface area contributed by atoms with Crippen LogP contribution in [-0.2, 0) is 35.0 Å². The summed E-state index contributed by atoms with van der Waals surface area (Å²) in [7, 11) is 0. The number of hydrogen-bond acceptors (Lipinski definition) is 7. The molecule has 7 heteroatoms. The van der Waals surface area contributed by atoms with E-state index in [1.54, 1.807) is 13.8 Å². The lowest BCUT2D eigenvalue weighted by Crippen LogP contribution is -2.19. The molecule has 1 aliphatic rings. The van der Waals surface area contributed by atoms with Crippen molar-refractivity contribution < 1.29 is 28.6 Å². The van der Waals surface area contributed by atoms with Crippen LogP contribution < -0.4 is 5.32 Å². The number of anilines is 1. The van der Waals surface area contributed by atoms with Gasteiger partial charge in [0.15, 0.2) is 5.57 Å². The van der Waals surface area contributed by atoms with Crippen molar-refractivity contribution in [3.63, 3.8) is 0 Å². The SMILES string of the molecule is CCOC(=O)C(=CNc1cccc2c1CCC2OC(C)=O)C(=O)OCC. The minimum atomic E-state index is -0.746. The third-order valence-electron chi connectivity index (χ3n) is 3.89. The fraction of sp³-hybridized carbons (Fsp3) is 0.421. The highest BCUT2D eigenvalue weighted by Gasteiger charge is 2.27. The second-order valence-corrected chi connectivity index (χ2v) is 5.65. The molecule has 1 unspecified atom stereocenters. The monoisotopic (exact) mass is 361 g/mol. The Kier molecular flexibility index (Phi) is 6.77. The summed E-state index contributed by atoms with van der Waals surface area (Å²) in [6.07, 6.45) is 2.44. The molecule has 0 bridgehead atoms. The van der Waals surface area contributed by atoms with Crippen LogP contribution in [0.2, 0.25) is 0 Å². The van der Waals surface area contributed by atoms with Gasteiger partial charge in [0.2, 0.25) is 0 Å². The highest BCUT2D eigenvalue weighted by atomic mass is 16.6. The van der Waals surface area contributed by atoms with Gasteiger partial charge in [-0.2, -0.15) is 0 Å². The molecule has 0 aromatic heterocycles. The highest BCUT2D eigenvalue weighted by Crippen LogP contribution is 2.38. The van der Waals surface area contributed by atoms with Gasteiger partial charge in [0.25, 0.3) is 0 Å². The number of carbonyl (C=O) groups excluding carboxylic acids is 3. The molecule has 0 saturated carbocycles. The van der Waals surface area contributed by atoms with Crippen LogP contribution in [0, 0.1) is 0 Å². The maximum atomic E-state index is 12.0. The third-order valence-corrected chi connectivity index (χ3v) is 3.89. The Hall–Kier alpha value is -2.83. The van der Waals surface area contributed by atoms with Gasteiger partial charge in [0.05, 0.1) is 13.2 Å². The molecule has 1 atom stereocenters. The first-order valence-corrected chi connectivity index (χ1v) is 8.57. The second-order valence-electron chi connectivity index (χ2n) is 5.65. The fourth-order valence-corrected chi connectivity index (χ4v) is 2.84. The number of fused-ring (bicyclic) bond motifs is 1. The van der Waals surface area contributed by atoms with Gasteiger partial charge < -0.3 is 19.5 Å². The Balaban J connectivity index is 2.25. The molecule has 0 aliphatic heterocycles. The zero-order chi connectivity index (χ0) is 19.1. The van der Waals surface area contributed by atoms with Gasteiger partial charge in [-0.25, -0.2) is 9.59 Å². The molecule has 0 spiro atoms. The molecule has 26 heavy (non-hydrogen) atoms. The summed E-state index contributed by atoms with van der Waals surface area (Å²) in [6, 6.07) is 5.56. The molecule has 0 radical (unpaired) electrons. The van der Waals surface area contributed by atoms with E-state index in [1.165, 1.54) is 13.1 Å². The molecule has 7 nitrogen and oxygen atoms in total. The molecule has 1 aromatic carbocycles. The predicted molar refractivity (Wildman–Crippen MR) is 94.2 cm³/mol. The molecule has 2 rings (SSSR count). The van der Waals surface area contributed by atoms with Crippen molar-refractivity contribution in [1.82, 2.24) is 0 Å². The van der Waals surface area contributed by atoms with Crippen molar-refractivity contribution >= 4 is 23.6 Å². The van der Waals surface area contributed by atoms with E-state index in [-0.39, 0.29) is 30.9 Å². The fourth-order valence-electron chi connectivity index (χ4n) is 2.84. The van der Waals surface area contributed by atoms with Crippen LogP contribution in [0.3, 0.4) is 0 Å². The third kappa shape index (κ3) is 4.62.